The molecular weight excluding hydrogens is 539 g/mol. The minimum absolute atomic E-state index is 0. The van der Waals surface area contributed by atoms with Crippen LogP contribution in [-0.2, 0) is 0 Å². The van der Waals surface area contributed by atoms with Crippen LogP contribution in [0.5, 0.6) is 11.5 Å². The smallest absolute Gasteiger partial charge is 0.870 e. The second-order valence-electron chi connectivity index (χ2n) is 8.42. The number of furan rings is 2. The Hall–Kier alpha value is -3.93. The summed E-state index contributed by atoms with van der Waals surface area (Å²) in [5, 5.41) is 16.7. The van der Waals surface area contributed by atoms with E-state index in [2.05, 4.69) is 9.97 Å². The average molecular weight is 571 g/mol. The summed E-state index contributed by atoms with van der Waals surface area (Å²) in [6.07, 6.45) is 2.74. The van der Waals surface area contributed by atoms with E-state index in [4.69, 9.17) is 28.5 Å². The Balaban J connectivity index is 0.000000246. The number of aromatic nitrogens is 2. The van der Waals surface area contributed by atoms with Gasteiger partial charge >= 0.3 is 35.5 Å². The van der Waals surface area contributed by atoms with Crippen LogP contribution in [0.15, 0.2) is 87.8 Å². The van der Waals surface area contributed by atoms with E-state index < -0.39 is 5.97 Å². The van der Waals surface area contributed by atoms with Crippen LogP contribution >= 0.6 is 0 Å². The normalized spacial score (nSPS) is 9.95. The number of aromatic carboxylic acids is 1. The van der Waals surface area contributed by atoms with Crippen molar-refractivity contribution in [2.45, 2.75) is 13.3 Å². The van der Waals surface area contributed by atoms with Crippen LogP contribution in [-0.4, -0.2) is 52.5 Å². The van der Waals surface area contributed by atoms with Gasteiger partial charge in [0.25, 0.3) is 0 Å². The fourth-order valence-corrected chi connectivity index (χ4v) is 3.68. The molecule has 2 aromatic carbocycles. The topological polar surface area (TPSA) is 164 Å². The molecule has 0 aliphatic carbocycles. The number of aromatic amines is 2. The van der Waals surface area contributed by atoms with Crippen LogP contribution in [0.2, 0.25) is 0 Å². The molecule has 0 atom stereocenters. The van der Waals surface area contributed by atoms with E-state index in [0.29, 0.717) is 23.5 Å². The van der Waals surface area contributed by atoms with Gasteiger partial charge in [0.2, 0.25) is 0 Å². The fraction of sp³-hybridized carbons (Fsp3) is 0.167. The van der Waals surface area contributed by atoms with Crippen LogP contribution in [0.3, 0.4) is 0 Å². The van der Waals surface area contributed by atoms with Crippen molar-refractivity contribution in [3.05, 3.63) is 84.7 Å². The number of benzene rings is 2. The molecule has 5 N–H and O–H groups in total. The summed E-state index contributed by atoms with van der Waals surface area (Å²) in [5.74, 6) is 2.16. The van der Waals surface area contributed by atoms with E-state index in [-0.39, 0.29) is 40.7 Å². The molecule has 11 heteroatoms. The van der Waals surface area contributed by atoms with E-state index in [1.54, 1.807) is 20.3 Å². The molecule has 210 valence electrons. The molecule has 41 heavy (non-hydrogen) atoms. The predicted molar refractivity (Wildman–Crippen MR) is 151 cm³/mol. The van der Waals surface area contributed by atoms with Gasteiger partial charge in [0.15, 0.2) is 11.2 Å². The van der Waals surface area contributed by atoms with Crippen LogP contribution in [0.4, 0.5) is 0 Å². The van der Waals surface area contributed by atoms with Gasteiger partial charge in [-0.1, -0.05) is 6.92 Å². The van der Waals surface area contributed by atoms with Crippen molar-refractivity contribution in [2.75, 3.05) is 20.8 Å². The summed E-state index contributed by atoms with van der Waals surface area (Å²) in [4.78, 5) is 16.7. The zero-order valence-corrected chi connectivity index (χ0v) is 25.3. The molecule has 6 aromatic rings. The molecule has 10 nitrogen and oxygen atoms in total. The zero-order chi connectivity index (χ0) is 27.8. The first-order valence-corrected chi connectivity index (χ1v) is 12.3. The maximum absolute atomic E-state index is 10.8. The van der Waals surface area contributed by atoms with Crippen LogP contribution in [0.1, 0.15) is 23.8 Å². The zero-order valence-electron chi connectivity index (χ0n) is 23.3. The summed E-state index contributed by atoms with van der Waals surface area (Å²) >= 11 is 0. The number of rotatable bonds is 6. The van der Waals surface area contributed by atoms with Crippen LogP contribution in [0, 0.1) is 0 Å². The second-order valence-corrected chi connectivity index (χ2v) is 8.42. The predicted octanol–water partition coefficient (Wildman–Crippen LogP) is 3.79. The summed E-state index contributed by atoms with van der Waals surface area (Å²) in [6, 6.07) is 22.4. The Labute approximate surface area is 258 Å². The van der Waals surface area contributed by atoms with Crippen molar-refractivity contribution in [1.82, 2.24) is 9.97 Å². The molecule has 0 aliphatic rings. The van der Waals surface area contributed by atoms with Crippen molar-refractivity contribution in [3.8, 4) is 34.1 Å². The number of H-pyrrole nitrogens is 2. The van der Waals surface area contributed by atoms with Gasteiger partial charge < -0.3 is 44.0 Å². The minimum Gasteiger partial charge on any atom is -0.870 e. The first-order chi connectivity index (χ1) is 18.9. The molecular formula is C30H31N2NaO8. The summed E-state index contributed by atoms with van der Waals surface area (Å²) in [6.45, 7) is 2.25. The standard InChI is InChI=1S/C14H11NO4.C13H11NO2.C3H8O.Na.H2O/c1-18-9-4-2-8(3-5-9)12-6-10-13(19-12)7-11(15-10)14(16)17;1-15-10-4-2-9(3-5-10)13-8-11-12(16-13)6-7-14-11;1-2-3-4;;/h2-7,15H,1H3,(H,16,17);2-8,14H,1H3;4H,2-3H2,1H3;;1H2/q;;;+1;/p-1. The Kier molecular flexibility index (Phi) is 12.8. The second kappa shape index (κ2) is 15.8. The van der Waals surface area contributed by atoms with E-state index in [0.717, 1.165) is 45.9 Å². The molecule has 4 aromatic heterocycles. The molecule has 0 radical (unpaired) electrons. The number of aliphatic hydroxyl groups excluding tert-OH is 1. The van der Waals surface area contributed by atoms with E-state index in [1.165, 1.54) is 6.07 Å². The van der Waals surface area contributed by atoms with E-state index >= 15 is 0 Å². The number of nitrogens with one attached hydrogen (secondary N) is 2. The van der Waals surface area contributed by atoms with Gasteiger partial charge in [-0.05, 0) is 61.0 Å². The molecule has 0 amide bonds. The third-order valence-electron chi connectivity index (χ3n) is 5.74. The van der Waals surface area contributed by atoms with Gasteiger partial charge in [-0.2, -0.15) is 0 Å². The third-order valence-corrected chi connectivity index (χ3v) is 5.74. The van der Waals surface area contributed by atoms with Gasteiger partial charge in [0.05, 0.1) is 25.3 Å². The molecule has 0 saturated carbocycles. The van der Waals surface area contributed by atoms with Crippen molar-refractivity contribution in [1.29, 1.82) is 0 Å². The van der Waals surface area contributed by atoms with Crippen LogP contribution < -0.4 is 39.0 Å². The van der Waals surface area contributed by atoms with E-state index in [1.807, 2.05) is 73.8 Å². The average Bonchev–Trinajstić information content (AvgIpc) is 3.74. The Morgan fingerprint density at radius 1 is 0.805 bits per heavy atom. The summed E-state index contributed by atoms with van der Waals surface area (Å²) in [7, 11) is 3.27. The Morgan fingerprint density at radius 2 is 1.29 bits per heavy atom. The number of carboxylic acids is 1. The first kappa shape index (κ1) is 33.3. The van der Waals surface area contributed by atoms with Crippen molar-refractivity contribution in [2.24, 2.45) is 0 Å². The summed E-state index contributed by atoms with van der Waals surface area (Å²) < 4.78 is 21.5. The number of ether oxygens (including phenoxy) is 2. The Morgan fingerprint density at radius 3 is 1.71 bits per heavy atom. The van der Waals surface area contributed by atoms with Crippen LogP contribution in [0.25, 0.3) is 44.8 Å². The van der Waals surface area contributed by atoms with Gasteiger partial charge in [0.1, 0.15) is 28.7 Å². The first-order valence-electron chi connectivity index (χ1n) is 12.3. The molecule has 0 bridgehead atoms. The molecule has 0 spiro atoms. The molecule has 4 heterocycles. The van der Waals surface area contributed by atoms with E-state index in [9.17, 15) is 4.79 Å². The maximum atomic E-state index is 10.8. The number of hydrogen-bond donors (Lipinski definition) is 4. The van der Waals surface area contributed by atoms with Gasteiger partial charge in [-0.3, -0.25) is 0 Å². The molecule has 6 rings (SSSR count). The number of aliphatic hydroxyl groups is 1. The summed E-state index contributed by atoms with van der Waals surface area (Å²) in [5.41, 5.74) is 5.17. The Bertz CT molecular complexity index is 1570. The minimum atomic E-state index is -1.00. The number of carboxylic acid groups (broad SMARTS) is 1. The number of carbonyl (C=O) groups is 1. The maximum Gasteiger partial charge on any atom is 1.00 e. The largest absolute Gasteiger partial charge is 1.00 e. The molecule has 0 unspecified atom stereocenters. The number of fused-ring (bicyclic) bond motifs is 2. The quantitative estimate of drug-likeness (QED) is 0.220. The van der Waals surface area contributed by atoms with Gasteiger partial charge in [0, 0.05) is 42.1 Å². The third kappa shape index (κ3) is 8.29. The fourth-order valence-electron chi connectivity index (χ4n) is 3.68. The van der Waals surface area contributed by atoms with Crippen molar-refractivity contribution < 1.29 is 68.3 Å². The number of methoxy groups -OCH3 is 2. The molecule has 0 fully saturated rings. The number of hydrogen-bond acceptors (Lipinski definition) is 7. The van der Waals surface area contributed by atoms with Crippen molar-refractivity contribution in [3.63, 3.8) is 0 Å². The van der Waals surface area contributed by atoms with Gasteiger partial charge in [-0.25, -0.2) is 4.79 Å². The van der Waals surface area contributed by atoms with Gasteiger partial charge in [-0.15, -0.1) is 0 Å². The SMILES string of the molecule is CCCO.COc1ccc(-c2cc3[nH]c(C(=O)O)cc3o2)cc1.COc1ccc(-c2cc3[nH]ccc3o2)cc1.[Na+].[OH-]. The van der Waals surface area contributed by atoms with Crippen molar-refractivity contribution >= 4 is 28.2 Å². The molecule has 0 aliphatic heterocycles. The molecule has 0 saturated heterocycles. The monoisotopic (exact) mass is 570 g/mol.